The first-order valence-electron chi connectivity index (χ1n) is 12.5. The Bertz CT molecular complexity index is 1420. The fraction of sp³-hybridized carbons (Fsp3) is 0.286. The van der Waals surface area contributed by atoms with Crippen LogP contribution in [0, 0.1) is 0 Å². The van der Waals surface area contributed by atoms with Crippen LogP contribution in [-0.2, 0) is 26.2 Å². The third-order valence-electron chi connectivity index (χ3n) is 6.02. The number of anilines is 1. The van der Waals surface area contributed by atoms with Crippen LogP contribution < -0.4 is 14.4 Å². The Morgan fingerprint density at radius 1 is 0.975 bits per heavy atom. The third-order valence-corrected chi connectivity index (χ3v) is 9.05. The number of rotatable bonds is 12. The molecule has 0 aromatic heterocycles. The smallest absolute Gasteiger partial charge is 0.264 e. The van der Waals surface area contributed by atoms with Gasteiger partial charge >= 0.3 is 0 Å². The molecule has 3 aromatic carbocycles. The van der Waals surface area contributed by atoms with E-state index in [0.717, 1.165) is 4.31 Å². The summed E-state index contributed by atoms with van der Waals surface area (Å²) < 4.78 is 35.0. The Morgan fingerprint density at radius 3 is 2.12 bits per heavy atom. The lowest BCUT2D eigenvalue weighted by Crippen LogP contribution is -2.51. The van der Waals surface area contributed by atoms with Crippen molar-refractivity contribution < 1.29 is 22.7 Å². The van der Waals surface area contributed by atoms with Gasteiger partial charge in [-0.25, -0.2) is 8.42 Å². The molecule has 0 heterocycles. The van der Waals surface area contributed by atoms with Crippen molar-refractivity contribution in [2.45, 2.75) is 38.3 Å². The topological polar surface area (TPSA) is 96.0 Å². The molecule has 8 nitrogen and oxygen atoms in total. The predicted molar refractivity (Wildman–Crippen MR) is 161 cm³/mol. The summed E-state index contributed by atoms with van der Waals surface area (Å²) >= 11 is 16.1. The zero-order chi connectivity index (χ0) is 29.4. The summed E-state index contributed by atoms with van der Waals surface area (Å²) in [7, 11) is -4.20. The average molecular weight is 671 g/mol. The first-order chi connectivity index (χ1) is 19.0. The maximum absolute atomic E-state index is 13.9. The van der Waals surface area contributed by atoms with Crippen LogP contribution in [0.25, 0.3) is 0 Å². The molecule has 3 rings (SSSR count). The SMILES string of the molecule is CCNC(=O)[C@@H](C)N(Cc1c(Cl)cccc1Cl)C(=O)CN(c1ccc(OCC)cc1)S(=O)(=O)c1ccc(Br)cc1. The molecule has 1 atom stereocenters. The molecular weight excluding hydrogens is 641 g/mol. The van der Waals surface area contributed by atoms with Crippen LogP contribution in [0.15, 0.2) is 76.1 Å². The van der Waals surface area contributed by atoms with E-state index in [0.29, 0.717) is 39.0 Å². The van der Waals surface area contributed by atoms with Crippen LogP contribution in [0.2, 0.25) is 10.0 Å². The highest BCUT2D eigenvalue weighted by Crippen LogP contribution is 2.29. The molecule has 40 heavy (non-hydrogen) atoms. The number of halogens is 3. The summed E-state index contributed by atoms with van der Waals surface area (Å²) in [5, 5.41) is 3.35. The standard InChI is InChI=1S/C28H30BrCl2N3O5S/c1-4-32-28(36)19(3)33(17-24-25(30)7-6-8-26(24)31)27(35)18-34(21-11-13-22(14-12-21)39-5-2)40(37,38)23-15-9-20(29)10-16-23/h6-16,19H,4-5,17-18H2,1-3H3,(H,32,36)/t19-/m1/s1. The number of carbonyl (C=O) groups is 2. The summed E-state index contributed by atoms with van der Waals surface area (Å²) in [6, 6.07) is 16.5. The number of likely N-dealkylation sites (N-methyl/N-ethyl adjacent to an activating group) is 1. The van der Waals surface area contributed by atoms with E-state index in [1.165, 1.54) is 17.0 Å². The normalized spacial score (nSPS) is 11.9. The predicted octanol–water partition coefficient (Wildman–Crippen LogP) is 5.90. The lowest BCUT2D eigenvalue weighted by Gasteiger charge is -2.32. The highest BCUT2D eigenvalue weighted by molar-refractivity contribution is 9.10. The van der Waals surface area contributed by atoms with Gasteiger partial charge in [-0.05, 0) is 81.4 Å². The lowest BCUT2D eigenvalue weighted by atomic mass is 10.1. The van der Waals surface area contributed by atoms with E-state index in [2.05, 4.69) is 21.2 Å². The number of ether oxygens (including phenoxy) is 1. The number of nitrogens with zero attached hydrogens (tertiary/aromatic N) is 2. The second-order valence-electron chi connectivity index (χ2n) is 8.68. The summed E-state index contributed by atoms with van der Waals surface area (Å²) in [5.74, 6) is -0.467. The van der Waals surface area contributed by atoms with Crippen LogP contribution >= 0.6 is 39.1 Å². The maximum atomic E-state index is 13.9. The van der Waals surface area contributed by atoms with Gasteiger partial charge in [0.15, 0.2) is 0 Å². The Labute approximate surface area is 253 Å². The molecule has 0 saturated heterocycles. The van der Waals surface area contributed by atoms with Gasteiger partial charge in [-0.2, -0.15) is 0 Å². The summed E-state index contributed by atoms with van der Waals surface area (Å²) in [5.41, 5.74) is 0.694. The molecule has 0 aliphatic heterocycles. The van der Waals surface area contributed by atoms with E-state index in [4.69, 9.17) is 27.9 Å². The van der Waals surface area contributed by atoms with Crippen molar-refractivity contribution >= 4 is 66.7 Å². The minimum atomic E-state index is -4.20. The number of sulfonamides is 1. The van der Waals surface area contributed by atoms with Crippen molar-refractivity contribution in [2.24, 2.45) is 0 Å². The van der Waals surface area contributed by atoms with Gasteiger partial charge < -0.3 is 15.0 Å². The molecule has 0 aliphatic carbocycles. The van der Waals surface area contributed by atoms with Gasteiger partial charge in [-0.1, -0.05) is 45.2 Å². The molecule has 12 heteroatoms. The zero-order valence-corrected chi connectivity index (χ0v) is 26.1. The first kappa shape index (κ1) is 31.7. The van der Waals surface area contributed by atoms with E-state index < -0.39 is 34.4 Å². The van der Waals surface area contributed by atoms with Crippen molar-refractivity contribution in [3.05, 3.63) is 86.8 Å². The van der Waals surface area contributed by atoms with Gasteiger partial charge in [0.05, 0.1) is 17.2 Å². The van der Waals surface area contributed by atoms with Crippen molar-refractivity contribution in [3.63, 3.8) is 0 Å². The fourth-order valence-corrected chi connectivity index (χ4v) is 6.09. The minimum absolute atomic E-state index is 0.00476. The van der Waals surface area contributed by atoms with Gasteiger partial charge in [-0.15, -0.1) is 0 Å². The first-order valence-corrected chi connectivity index (χ1v) is 15.5. The van der Waals surface area contributed by atoms with Gasteiger partial charge in [0.2, 0.25) is 11.8 Å². The fourth-order valence-electron chi connectivity index (χ4n) is 3.90. The molecule has 214 valence electrons. The molecule has 0 radical (unpaired) electrons. The Kier molecular flexibility index (Phi) is 11.3. The summed E-state index contributed by atoms with van der Waals surface area (Å²) in [4.78, 5) is 28.0. The van der Waals surface area contributed by atoms with Gasteiger partial charge in [0.1, 0.15) is 18.3 Å². The maximum Gasteiger partial charge on any atom is 0.264 e. The van der Waals surface area contributed by atoms with Crippen molar-refractivity contribution in [2.75, 3.05) is 24.0 Å². The Morgan fingerprint density at radius 2 is 1.57 bits per heavy atom. The third kappa shape index (κ3) is 7.69. The van der Waals surface area contributed by atoms with E-state index in [1.807, 2.05) is 6.92 Å². The second-order valence-corrected chi connectivity index (χ2v) is 12.3. The number of nitrogens with one attached hydrogen (secondary N) is 1. The van der Waals surface area contributed by atoms with Crippen LogP contribution in [0.3, 0.4) is 0 Å². The Hall–Kier alpha value is -2.79. The minimum Gasteiger partial charge on any atom is -0.494 e. The number of hydrogen-bond acceptors (Lipinski definition) is 5. The highest BCUT2D eigenvalue weighted by atomic mass is 79.9. The number of carbonyl (C=O) groups excluding carboxylic acids is 2. The zero-order valence-electron chi connectivity index (χ0n) is 22.2. The van der Waals surface area contributed by atoms with E-state index >= 15 is 0 Å². The molecule has 0 fully saturated rings. The Balaban J connectivity index is 2.06. The second kappa shape index (κ2) is 14.2. The largest absolute Gasteiger partial charge is 0.494 e. The van der Waals surface area contributed by atoms with E-state index in [-0.39, 0.29) is 17.1 Å². The van der Waals surface area contributed by atoms with Crippen LogP contribution in [0.4, 0.5) is 5.69 Å². The molecule has 2 amide bonds. The lowest BCUT2D eigenvalue weighted by molar-refractivity contribution is -0.139. The molecule has 0 unspecified atom stereocenters. The number of amides is 2. The van der Waals surface area contributed by atoms with Crippen LogP contribution in [-0.4, -0.2) is 50.9 Å². The van der Waals surface area contributed by atoms with Crippen molar-refractivity contribution in [1.82, 2.24) is 10.2 Å². The highest BCUT2D eigenvalue weighted by Gasteiger charge is 2.33. The summed E-state index contributed by atoms with van der Waals surface area (Å²) in [6.07, 6.45) is 0. The van der Waals surface area contributed by atoms with Crippen LogP contribution in [0.5, 0.6) is 5.75 Å². The van der Waals surface area contributed by atoms with Gasteiger partial charge in [0.25, 0.3) is 10.0 Å². The molecule has 0 aliphatic rings. The van der Waals surface area contributed by atoms with Crippen LogP contribution in [0.1, 0.15) is 26.3 Å². The van der Waals surface area contributed by atoms with Gasteiger partial charge in [0, 0.05) is 33.2 Å². The van der Waals surface area contributed by atoms with Crippen molar-refractivity contribution in [3.8, 4) is 5.75 Å². The quantitative estimate of drug-likeness (QED) is 0.259. The molecule has 0 saturated carbocycles. The van der Waals surface area contributed by atoms with E-state index in [1.54, 1.807) is 68.4 Å². The molecular formula is C28H30BrCl2N3O5S. The van der Waals surface area contributed by atoms with Gasteiger partial charge in [-0.3, -0.25) is 13.9 Å². The van der Waals surface area contributed by atoms with E-state index in [9.17, 15) is 18.0 Å². The summed E-state index contributed by atoms with van der Waals surface area (Å²) in [6.45, 7) is 5.28. The number of benzene rings is 3. The molecule has 0 spiro atoms. The molecule has 3 aromatic rings. The monoisotopic (exact) mass is 669 g/mol. The number of hydrogen-bond donors (Lipinski definition) is 1. The average Bonchev–Trinajstić information content (AvgIpc) is 2.92. The molecule has 1 N–H and O–H groups in total. The van der Waals surface area contributed by atoms with Crippen molar-refractivity contribution in [1.29, 1.82) is 0 Å². The molecule has 0 bridgehead atoms.